The number of nitrogens with one attached hydrogen (secondary N) is 1. The molecule has 2 aromatic carbocycles. The summed E-state index contributed by atoms with van der Waals surface area (Å²) in [5.74, 6) is -1.80. The number of carbonyl (C=O) groups excluding carboxylic acids is 2. The normalized spacial score (nSPS) is 17.8. The Hall–Kier alpha value is -3.68. The summed E-state index contributed by atoms with van der Waals surface area (Å²) >= 11 is 12.1. The lowest BCUT2D eigenvalue weighted by Gasteiger charge is -2.22. The molecule has 2 aromatic heterocycles. The molecule has 1 aliphatic heterocycles. The number of aliphatic hydroxyl groups excluding tert-OH is 1. The molecule has 0 aliphatic carbocycles. The number of halogens is 2. The van der Waals surface area contributed by atoms with E-state index in [1.807, 2.05) is 25.1 Å². The van der Waals surface area contributed by atoms with Crippen LogP contribution in [0.2, 0.25) is 10.0 Å². The molecular weight excluding hydrogens is 463 g/mol. The van der Waals surface area contributed by atoms with E-state index in [0.29, 0.717) is 16.1 Å². The molecule has 4 aromatic rings. The SMILES string of the molecule is Cc1ccc2nc(N3C(=O)C(=O)/C(=C(/O)c4ccc(Cl)c(Cl)c4)C3c3ccncc3)[nH]c2c1. The highest BCUT2D eigenvalue weighted by Gasteiger charge is 2.48. The van der Waals surface area contributed by atoms with Crippen molar-refractivity contribution in [1.29, 1.82) is 0 Å². The number of aromatic nitrogens is 3. The number of H-pyrrole nitrogens is 1. The van der Waals surface area contributed by atoms with E-state index < -0.39 is 17.7 Å². The van der Waals surface area contributed by atoms with Crippen molar-refractivity contribution in [2.45, 2.75) is 13.0 Å². The molecule has 0 spiro atoms. The summed E-state index contributed by atoms with van der Waals surface area (Å²) in [5.41, 5.74) is 3.16. The van der Waals surface area contributed by atoms with E-state index in [4.69, 9.17) is 23.2 Å². The highest BCUT2D eigenvalue weighted by molar-refractivity contribution is 6.51. The first-order valence-corrected chi connectivity index (χ1v) is 10.7. The average Bonchev–Trinajstić information content (AvgIpc) is 3.33. The molecule has 1 aliphatic rings. The third-order valence-electron chi connectivity index (χ3n) is 5.51. The van der Waals surface area contributed by atoms with Gasteiger partial charge in [-0.2, -0.15) is 0 Å². The van der Waals surface area contributed by atoms with Crippen molar-refractivity contribution in [3.05, 3.63) is 93.2 Å². The van der Waals surface area contributed by atoms with Crippen molar-refractivity contribution < 1.29 is 14.7 Å². The van der Waals surface area contributed by atoms with Gasteiger partial charge in [-0.25, -0.2) is 4.98 Å². The van der Waals surface area contributed by atoms with Gasteiger partial charge in [0.25, 0.3) is 5.78 Å². The van der Waals surface area contributed by atoms with Crippen LogP contribution in [-0.4, -0.2) is 31.7 Å². The fraction of sp³-hybridized carbons (Fsp3) is 0.0833. The first kappa shape index (κ1) is 21.2. The molecule has 7 nitrogen and oxygen atoms in total. The molecule has 9 heteroatoms. The second kappa shape index (κ2) is 8.03. The van der Waals surface area contributed by atoms with E-state index in [1.165, 1.54) is 23.1 Å². The van der Waals surface area contributed by atoms with Crippen LogP contribution < -0.4 is 4.90 Å². The number of hydrogen-bond acceptors (Lipinski definition) is 5. The number of Topliss-reactive ketones (excluding diaryl/α,β-unsaturated/α-hetero) is 1. The van der Waals surface area contributed by atoms with Gasteiger partial charge in [-0.3, -0.25) is 19.5 Å². The molecule has 5 rings (SSSR count). The largest absolute Gasteiger partial charge is 0.507 e. The van der Waals surface area contributed by atoms with Crippen molar-refractivity contribution in [3.63, 3.8) is 0 Å². The van der Waals surface area contributed by atoms with Gasteiger partial charge in [0.15, 0.2) is 0 Å². The molecule has 1 atom stereocenters. The number of aryl methyl sites for hydroxylation is 1. The molecule has 1 amide bonds. The van der Waals surface area contributed by atoms with Gasteiger partial charge in [0.05, 0.1) is 32.7 Å². The maximum atomic E-state index is 13.2. The van der Waals surface area contributed by atoms with E-state index >= 15 is 0 Å². The van der Waals surface area contributed by atoms with Crippen LogP contribution in [0.4, 0.5) is 5.95 Å². The van der Waals surface area contributed by atoms with E-state index in [-0.39, 0.29) is 27.9 Å². The minimum absolute atomic E-state index is 0.0822. The zero-order valence-electron chi connectivity index (χ0n) is 17.2. The van der Waals surface area contributed by atoms with E-state index in [0.717, 1.165) is 11.1 Å². The lowest BCUT2D eigenvalue weighted by atomic mass is 9.96. The number of anilines is 1. The van der Waals surface area contributed by atoms with Gasteiger partial charge in [-0.15, -0.1) is 0 Å². The zero-order chi connectivity index (χ0) is 23.3. The highest BCUT2D eigenvalue weighted by Crippen LogP contribution is 2.42. The van der Waals surface area contributed by atoms with Crippen molar-refractivity contribution in [1.82, 2.24) is 15.0 Å². The summed E-state index contributed by atoms with van der Waals surface area (Å²) in [5, 5.41) is 11.6. The van der Waals surface area contributed by atoms with Crippen LogP contribution >= 0.6 is 23.2 Å². The minimum Gasteiger partial charge on any atom is -0.507 e. The first-order chi connectivity index (χ1) is 15.8. The van der Waals surface area contributed by atoms with Gasteiger partial charge < -0.3 is 10.1 Å². The second-order valence-corrected chi connectivity index (χ2v) is 8.47. The van der Waals surface area contributed by atoms with E-state index in [9.17, 15) is 14.7 Å². The Labute approximate surface area is 198 Å². The molecule has 33 heavy (non-hydrogen) atoms. The lowest BCUT2D eigenvalue weighted by molar-refractivity contribution is -0.132. The number of ketones is 1. The van der Waals surface area contributed by atoms with Gasteiger partial charge in [0.1, 0.15) is 5.76 Å². The minimum atomic E-state index is -0.927. The monoisotopic (exact) mass is 478 g/mol. The summed E-state index contributed by atoms with van der Waals surface area (Å²) in [6.45, 7) is 1.94. The molecular formula is C24H16Cl2N4O3. The predicted octanol–water partition coefficient (Wildman–Crippen LogP) is 5.20. The Bertz CT molecular complexity index is 1460. The number of fused-ring (bicyclic) bond motifs is 1. The van der Waals surface area contributed by atoms with Gasteiger partial charge in [0.2, 0.25) is 5.95 Å². The Balaban J connectivity index is 1.73. The number of hydrogen-bond donors (Lipinski definition) is 2. The van der Waals surface area contributed by atoms with Gasteiger partial charge >= 0.3 is 5.91 Å². The number of rotatable bonds is 3. The zero-order valence-corrected chi connectivity index (χ0v) is 18.7. The number of pyridine rings is 1. The number of imidazole rings is 1. The number of aromatic amines is 1. The van der Waals surface area contributed by atoms with Gasteiger partial charge in [-0.05, 0) is 60.5 Å². The molecule has 0 saturated carbocycles. The molecule has 1 unspecified atom stereocenters. The lowest BCUT2D eigenvalue weighted by Crippen LogP contribution is -2.30. The van der Waals surface area contributed by atoms with Crippen LogP contribution in [0.25, 0.3) is 16.8 Å². The van der Waals surface area contributed by atoms with Crippen LogP contribution in [0.1, 0.15) is 22.7 Å². The number of aliphatic hydroxyl groups is 1. The van der Waals surface area contributed by atoms with Crippen molar-refractivity contribution in [2.75, 3.05) is 4.90 Å². The van der Waals surface area contributed by atoms with Crippen molar-refractivity contribution in [3.8, 4) is 0 Å². The van der Waals surface area contributed by atoms with Gasteiger partial charge in [-0.1, -0.05) is 29.3 Å². The Morgan fingerprint density at radius 2 is 1.79 bits per heavy atom. The maximum Gasteiger partial charge on any atom is 0.302 e. The fourth-order valence-electron chi connectivity index (χ4n) is 3.94. The van der Waals surface area contributed by atoms with Gasteiger partial charge in [0, 0.05) is 18.0 Å². The molecule has 0 radical (unpaired) electrons. The maximum absolute atomic E-state index is 13.2. The number of nitrogens with zero attached hydrogens (tertiary/aromatic N) is 3. The number of carbonyl (C=O) groups is 2. The molecule has 1 saturated heterocycles. The standard InChI is InChI=1S/C24H16Cl2N4O3/c1-12-2-5-17-18(10-12)29-24(28-17)30-20(13-6-8-27-9-7-13)19(22(32)23(30)33)21(31)14-3-4-15(25)16(26)11-14/h2-11,20,31H,1H3,(H,28,29)/b21-19+. The molecule has 0 bridgehead atoms. The molecule has 3 heterocycles. The Kier molecular flexibility index (Phi) is 5.15. The summed E-state index contributed by atoms with van der Waals surface area (Å²) in [7, 11) is 0. The summed E-state index contributed by atoms with van der Waals surface area (Å²) in [6.07, 6.45) is 3.10. The van der Waals surface area contributed by atoms with Crippen LogP contribution in [0.15, 0.2) is 66.5 Å². The first-order valence-electron chi connectivity index (χ1n) is 9.98. The smallest absolute Gasteiger partial charge is 0.302 e. The van der Waals surface area contributed by atoms with Crippen molar-refractivity contribution in [2.24, 2.45) is 0 Å². The Morgan fingerprint density at radius 3 is 2.52 bits per heavy atom. The number of amides is 1. The molecule has 164 valence electrons. The predicted molar refractivity (Wildman–Crippen MR) is 126 cm³/mol. The van der Waals surface area contributed by atoms with Crippen molar-refractivity contribution >= 4 is 57.6 Å². The van der Waals surface area contributed by atoms with Crippen LogP contribution in [0, 0.1) is 6.92 Å². The van der Waals surface area contributed by atoms with Crippen LogP contribution in [0.3, 0.4) is 0 Å². The van der Waals surface area contributed by atoms with E-state index in [1.54, 1.807) is 24.5 Å². The summed E-state index contributed by atoms with van der Waals surface area (Å²) < 4.78 is 0. The number of benzene rings is 2. The fourth-order valence-corrected chi connectivity index (χ4v) is 4.23. The summed E-state index contributed by atoms with van der Waals surface area (Å²) in [6, 6.07) is 12.6. The summed E-state index contributed by atoms with van der Waals surface area (Å²) in [4.78, 5) is 39.3. The van der Waals surface area contributed by atoms with Crippen LogP contribution in [0.5, 0.6) is 0 Å². The molecule has 1 fully saturated rings. The average molecular weight is 479 g/mol. The highest BCUT2D eigenvalue weighted by atomic mass is 35.5. The topological polar surface area (TPSA) is 99.2 Å². The quantitative estimate of drug-likeness (QED) is 0.239. The third-order valence-corrected chi connectivity index (χ3v) is 6.25. The Morgan fingerprint density at radius 1 is 1.03 bits per heavy atom. The molecule has 2 N–H and O–H groups in total. The van der Waals surface area contributed by atoms with Crippen LogP contribution in [-0.2, 0) is 9.59 Å². The van der Waals surface area contributed by atoms with E-state index in [2.05, 4.69) is 15.0 Å². The third kappa shape index (κ3) is 3.55. The second-order valence-electron chi connectivity index (χ2n) is 7.66.